The number of nitrogens with zero attached hydrogens (tertiary/aromatic N) is 2. The summed E-state index contributed by atoms with van der Waals surface area (Å²) in [6.07, 6.45) is 4.69. The van der Waals surface area contributed by atoms with E-state index in [1.807, 2.05) is 37.3 Å². The molecular formula is C16H20N4O2. The zero-order chi connectivity index (χ0) is 15.9. The maximum Gasteiger partial charge on any atom is 0.275 e. The fourth-order valence-corrected chi connectivity index (χ4v) is 1.89. The van der Waals surface area contributed by atoms with E-state index in [4.69, 9.17) is 4.84 Å². The summed E-state index contributed by atoms with van der Waals surface area (Å²) in [6, 6.07) is 9.66. The fraction of sp³-hybridized carbons (Fsp3) is 0.250. The summed E-state index contributed by atoms with van der Waals surface area (Å²) in [5.41, 5.74) is 1.50. The van der Waals surface area contributed by atoms with Gasteiger partial charge in [0.1, 0.15) is 0 Å². The van der Waals surface area contributed by atoms with E-state index in [1.54, 1.807) is 25.3 Å². The number of carbonyl (C=O) groups excluding carboxylic acids is 1. The van der Waals surface area contributed by atoms with Gasteiger partial charge >= 0.3 is 0 Å². The topological polar surface area (TPSA) is 66.0 Å². The Kier molecular flexibility index (Phi) is 5.32. The van der Waals surface area contributed by atoms with Gasteiger partial charge in [-0.3, -0.25) is 9.63 Å². The molecule has 1 amide bonds. The fourth-order valence-electron chi connectivity index (χ4n) is 1.89. The molecule has 0 radical (unpaired) electrons. The molecule has 0 saturated heterocycles. The number of hydrogen-bond acceptors (Lipinski definition) is 5. The molecular weight excluding hydrogens is 280 g/mol. The molecule has 1 aromatic carbocycles. The van der Waals surface area contributed by atoms with Gasteiger partial charge in [0.25, 0.3) is 5.91 Å². The first-order valence-corrected chi connectivity index (χ1v) is 6.99. The van der Waals surface area contributed by atoms with Crippen molar-refractivity contribution in [1.82, 2.24) is 10.4 Å². The summed E-state index contributed by atoms with van der Waals surface area (Å²) < 4.78 is 0. The maximum atomic E-state index is 12.3. The number of carbonyl (C=O) groups is 1. The SMILES string of the molecule is C/C=C(/C)C(=O)N(OC)C1C=CNC(Nc2ccccc2)=N1. The molecule has 0 aliphatic carbocycles. The third-order valence-electron chi connectivity index (χ3n) is 3.19. The maximum absolute atomic E-state index is 12.3. The lowest BCUT2D eigenvalue weighted by Gasteiger charge is -2.27. The van der Waals surface area contributed by atoms with Crippen molar-refractivity contribution in [3.63, 3.8) is 0 Å². The number of para-hydroxylation sites is 1. The lowest BCUT2D eigenvalue weighted by Crippen LogP contribution is -2.42. The number of hydrogen-bond donors (Lipinski definition) is 2. The quantitative estimate of drug-likeness (QED) is 0.661. The summed E-state index contributed by atoms with van der Waals surface area (Å²) in [5.74, 6) is 0.330. The van der Waals surface area contributed by atoms with Crippen LogP contribution in [0.4, 0.5) is 5.69 Å². The van der Waals surface area contributed by atoms with Crippen LogP contribution in [0.1, 0.15) is 13.8 Å². The average Bonchev–Trinajstić information content (AvgIpc) is 2.56. The van der Waals surface area contributed by atoms with Gasteiger partial charge in [0, 0.05) is 17.5 Å². The summed E-state index contributed by atoms with van der Waals surface area (Å²) in [7, 11) is 1.45. The van der Waals surface area contributed by atoms with Crippen LogP contribution < -0.4 is 10.6 Å². The Labute approximate surface area is 130 Å². The van der Waals surface area contributed by atoms with Crippen molar-refractivity contribution in [2.45, 2.75) is 20.0 Å². The second-order valence-corrected chi connectivity index (χ2v) is 4.67. The van der Waals surface area contributed by atoms with Crippen LogP contribution >= 0.6 is 0 Å². The molecule has 2 N–H and O–H groups in total. The van der Waals surface area contributed by atoms with Gasteiger partial charge in [-0.1, -0.05) is 24.3 Å². The molecule has 2 rings (SSSR count). The number of anilines is 1. The van der Waals surface area contributed by atoms with Crippen molar-refractivity contribution in [3.05, 3.63) is 54.3 Å². The molecule has 0 spiro atoms. The van der Waals surface area contributed by atoms with Crippen molar-refractivity contribution in [2.75, 3.05) is 12.4 Å². The van der Waals surface area contributed by atoms with Gasteiger partial charge in [-0.15, -0.1) is 0 Å². The van der Waals surface area contributed by atoms with Gasteiger partial charge in [0.2, 0.25) is 5.96 Å². The standard InChI is InChI=1S/C16H20N4O2/c1-4-12(2)15(21)20(22-3)14-10-11-17-16(19-14)18-13-8-6-5-7-9-13/h4-11,14H,1-3H3,(H2,17,18,19)/b12-4-. The minimum atomic E-state index is -0.528. The lowest BCUT2D eigenvalue weighted by atomic mass is 10.2. The lowest BCUT2D eigenvalue weighted by molar-refractivity contribution is -0.178. The van der Waals surface area contributed by atoms with Crippen molar-refractivity contribution in [3.8, 4) is 0 Å². The van der Waals surface area contributed by atoms with Gasteiger partial charge in [-0.25, -0.2) is 4.99 Å². The first kappa shape index (κ1) is 15.8. The molecule has 0 fully saturated rings. The van der Waals surface area contributed by atoms with Crippen LogP contribution in [0.5, 0.6) is 0 Å². The van der Waals surface area contributed by atoms with E-state index in [9.17, 15) is 4.79 Å². The summed E-state index contributed by atoms with van der Waals surface area (Å²) in [6.45, 7) is 3.55. The molecule has 1 aromatic rings. The number of guanidine groups is 1. The predicted molar refractivity (Wildman–Crippen MR) is 86.8 cm³/mol. The van der Waals surface area contributed by atoms with Crippen LogP contribution in [0, 0.1) is 0 Å². The van der Waals surface area contributed by atoms with Crippen LogP contribution in [0.25, 0.3) is 0 Å². The van der Waals surface area contributed by atoms with Crippen LogP contribution in [0.3, 0.4) is 0 Å². The number of amides is 1. The molecule has 0 bridgehead atoms. The number of nitrogens with one attached hydrogen (secondary N) is 2. The predicted octanol–water partition coefficient (Wildman–Crippen LogP) is 2.25. The van der Waals surface area contributed by atoms with Crippen molar-refractivity contribution >= 4 is 17.6 Å². The molecule has 1 heterocycles. The Balaban J connectivity index is 2.14. The Hall–Kier alpha value is -2.60. The zero-order valence-electron chi connectivity index (χ0n) is 12.9. The number of allylic oxidation sites excluding steroid dienone is 1. The smallest absolute Gasteiger partial charge is 0.275 e. The van der Waals surface area contributed by atoms with E-state index in [1.165, 1.54) is 12.2 Å². The summed E-state index contributed by atoms with van der Waals surface area (Å²) in [4.78, 5) is 21.9. The highest BCUT2D eigenvalue weighted by atomic mass is 16.7. The molecule has 0 aromatic heterocycles. The Bertz CT molecular complexity index is 608. The minimum Gasteiger partial charge on any atom is -0.333 e. The largest absolute Gasteiger partial charge is 0.333 e. The van der Waals surface area contributed by atoms with Gasteiger partial charge in [-0.05, 0) is 32.1 Å². The Morgan fingerprint density at radius 2 is 2.14 bits per heavy atom. The molecule has 1 atom stereocenters. The first-order chi connectivity index (χ1) is 10.7. The molecule has 1 aliphatic heterocycles. The molecule has 0 saturated carbocycles. The third kappa shape index (κ3) is 3.73. The van der Waals surface area contributed by atoms with Gasteiger partial charge in [-0.2, -0.15) is 5.06 Å². The monoisotopic (exact) mass is 300 g/mol. The normalized spacial score (nSPS) is 17.5. The molecule has 116 valence electrons. The third-order valence-corrected chi connectivity index (χ3v) is 3.19. The zero-order valence-corrected chi connectivity index (χ0v) is 12.9. The van der Waals surface area contributed by atoms with Crippen LogP contribution in [-0.2, 0) is 9.63 Å². The van der Waals surface area contributed by atoms with Crippen molar-refractivity contribution < 1.29 is 9.63 Å². The van der Waals surface area contributed by atoms with E-state index in [0.29, 0.717) is 11.5 Å². The van der Waals surface area contributed by atoms with Gasteiger partial charge in [0.15, 0.2) is 6.17 Å². The van der Waals surface area contributed by atoms with E-state index < -0.39 is 6.17 Å². The summed E-state index contributed by atoms with van der Waals surface area (Å²) in [5, 5.41) is 7.40. The highest BCUT2D eigenvalue weighted by Gasteiger charge is 2.24. The van der Waals surface area contributed by atoms with Crippen LogP contribution in [0.2, 0.25) is 0 Å². The molecule has 1 aliphatic rings. The Morgan fingerprint density at radius 3 is 2.77 bits per heavy atom. The highest BCUT2D eigenvalue weighted by Crippen LogP contribution is 2.12. The second kappa shape index (κ2) is 7.42. The summed E-state index contributed by atoms with van der Waals surface area (Å²) >= 11 is 0. The van der Waals surface area contributed by atoms with Crippen LogP contribution in [-0.4, -0.2) is 30.2 Å². The Morgan fingerprint density at radius 1 is 1.41 bits per heavy atom. The van der Waals surface area contributed by atoms with Crippen molar-refractivity contribution in [1.29, 1.82) is 0 Å². The number of hydroxylamine groups is 2. The molecule has 6 nitrogen and oxygen atoms in total. The molecule has 22 heavy (non-hydrogen) atoms. The average molecular weight is 300 g/mol. The first-order valence-electron chi connectivity index (χ1n) is 6.99. The van der Waals surface area contributed by atoms with Crippen molar-refractivity contribution in [2.24, 2.45) is 4.99 Å². The highest BCUT2D eigenvalue weighted by molar-refractivity contribution is 5.96. The van der Waals surface area contributed by atoms with E-state index >= 15 is 0 Å². The minimum absolute atomic E-state index is 0.218. The number of aliphatic imine (C=N–C) groups is 1. The van der Waals surface area contributed by atoms with E-state index in [-0.39, 0.29) is 5.91 Å². The molecule has 6 heteroatoms. The number of rotatable bonds is 4. The van der Waals surface area contributed by atoms with Gasteiger partial charge < -0.3 is 10.6 Å². The van der Waals surface area contributed by atoms with E-state index in [2.05, 4.69) is 15.6 Å². The second-order valence-electron chi connectivity index (χ2n) is 4.67. The molecule has 1 unspecified atom stereocenters. The number of benzene rings is 1. The van der Waals surface area contributed by atoms with Crippen LogP contribution in [0.15, 0.2) is 59.2 Å². The van der Waals surface area contributed by atoms with Gasteiger partial charge in [0.05, 0.1) is 7.11 Å². The van der Waals surface area contributed by atoms with E-state index in [0.717, 1.165) is 5.69 Å².